The number of carbonyl (C=O) groups excluding carboxylic acids is 4. The molecule has 4 unspecified atom stereocenters. The molecule has 0 amide bonds. The van der Waals surface area contributed by atoms with Crippen LogP contribution in [-0.2, 0) is 65.4 Å². The third-order valence-corrected chi connectivity index (χ3v) is 18.3. The molecule has 0 radical (unpaired) electrons. The van der Waals surface area contributed by atoms with Gasteiger partial charge in [0.05, 0.1) is 26.4 Å². The molecule has 0 aromatic carbocycles. The number of aliphatic hydroxyl groups is 1. The van der Waals surface area contributed by atoms with Crippen molar-refractivity contribution in [2.45, 2.75) is 363 Å². The first-order valence-electron chi connectivity index (χ1n) is 36.2. The molecule has 528 valence electrons. The average molecular weight is 1310 g/mol. The summed E-state index contributed by atoms with van der Waals surface area (Å²) < 4.78 is 68.2. The minimum Gasteiger partial charge on any atom is -0.462 e. The topological polar surface area (TPSA) is 237 Å². The standard InChI is InChI=1S/C70H136O17P2/c1-9-63(8)49-41-33-25-18-19-26-34-42-50-67(72)80-56-65(86-69(74)52-44-36-27-17-15-13-11-10-12-14-16-22-30-38-46-60(2)3)58-84-88(76,77)82-54-64(71)55-83-89(78,79)85-59-66(87-70(75)53-45-37-29-21-24-32-40-48-62(6)7)57-81-68(73)51-43-35-28-20-23-31-39-47-61(4)5/h60-66,71H,9-59H2,1-8H3,(H,76,77)(H,78,79)/t63?,64?,65-,66-/m1/s1. The second-order valence-electron chi connectivity index (χ2n) is 26.9. The Labute approximate surface area is 543 Å². The van der Waals surface area contributed by atoms with Crippen molar-refractivity contribution in [3.05, 3.63) is 0 Å². The predicted molar refractivity (Wildman–Crippen MR) is 358 cm³/mol. The van der Waals surface area contributed by atoms with Gasteiger partial charge in [0.2, 0.25) is 0 Å². The van der Waals surface area contributed by atoms with Gasteiger partial charge in [-0.3, -0.25) is 37.3 Å². The van der Waals surface area contributed by atoms with Gasteiger partial charge in [-0.15, -0.1) is 0 Å². The van der Waals surface area contributed by atoms with Gasteiger partial charge in [0.25, 0.3) is 0 Å². The maximum absolute atomic E-state index is 13.0. The number of phosphoric ester groups is 2. The molecular weight excluding hydrogens is 1170 g/mol. The van der Waals surface area contributed by atoms with E-state index < -0.39 is 97.5 Å². The number of hydrogen-bond donors (Lipinski definition) is 3. The Morgan fingerprint density at radius 3 is 0.798 bits per heavy atom. The smallest absolute Gasteiger partial charge is 0.462 e. The quantitative estimate of drug-likeness (QED) is 0.0222. The van der Waals surface area contributed by atoms with Crippen molar-refractivity contribution in [1.82, 2.24) is 0 Å². The van der Waals surface area contributed by atoms with Crippen LogP contribution in [0.4, 0.5) is 0 Å². The van der Waals surface area contributed by atoms with Gasteiger partial charge < -0.3 is 33.8 Å². The van der Waals surface area contributed by atoms with E-state index in [1.165, 1.54) is 141 Å². The molecule has 0 fully saturated rings. The van der Waals surface area contributed by atoms with Crippen LogP contribution in [-0.4, -0.2) is 96.7 Å². The summed E-state index contributed by atoms with van der Waals surface area (Å²) in [6.07, 6.45) is 41.8. The lowest BCUT2D eigenvalue weighted by Crippen LogP contribution is -2.30. The van der Waals surface area contributed by atoms with Crippen LogP contribution in [0.3, 0.4) is 0 Å². The Bertz CT molecular complexity index is 1770. The zero-order chi connectivity index (χ0) is 66.1. The molecule has 0 aliphatic heterocycles. The summed E-state index contributed by atoms with van der Waals surface area (Å²) in [5, 5.41) is 10.6. The lowest BCUT2D eigenvalue weighted by molar-refractivity contribution is -0.161. The van der Waals surface area contributed by atoms with E-state index in [1.807, 2.05) is 0 Å². The summed E-state index contributed by atoms with van der Waals surface area (Å²) in [6.45, 7) is 14.1. The second-order valence-corrected chi connectivity index (χ2v) is 29.8. The fraction of sp³-hybridized carbons (Fsp3) is 0.943. The number of rotatable bonds is 67. The van der Waals surface area contributed by atoms with E-state index in [-0.39, 0.29) is 25.7 Å². The number of carbonyl (C=O) groups is 4. The van der Waals surface area contributed by atoms with Crippen LogP contribution in [0.15, 0.2) is 0 Å². The molecular formula is C70H136O17P2. The van der Waals surface area contributed by atoms with Gasteiger partial charge in [0, 0.05) is 25.7 Å². The van der Waals surface area contributed by atoms with Crippen molar-refractivity contribution < 1.29 is 80.2 Å². The lowest BCUT2D eigenvalue weighted by atomic mass is 9.99. The van der Waals surface area contributed by atoms with E-state index in [0.29, 0.717) is 37.5 Å². The van der Waals surface area contributed by atoms with Crippen molar-refractivity contribution >= 4 is 39.5 Å². The molecule has 0 bridgehead atoms. The minimum absolute atomic E-state index is 0.102. The fourth-order valence-corrected chi connectivity index (χ4v) is 12.0. The van der Waals surface area contributed by atoms with E-state index in [2.05, 4.69) is 55.4 Å². The van der Waals surface area contributed by atoms with Gasteiger partial charge in [0.1, 0.15) is 19.3 Å². The normalized spacial score (nSPS) is 14.6. The number of aliphatic hydroxyl groups excluding tert-OH is 1. The molecule has 0 spiro atoms. The highest BCUT2D eigenvalue weighted by Crippen LogP contribution is 2.45. The van der Waals surface area contributed by atoms with Crippen LogP contribution in [0, 0.1) is 23.7 Å². The highest BCUT2D eigenvalue weighted by molar-refractivity contribution is 7.47. The number of ether oxygens (including phenoxy) is 4. The fourth-order valence-electron chi connectivity index (χ4n) is 10.5. The Balaban J connectivity index is 5.24. The zero-order valence-corrected chi connectivity index (χ0v) is 59.8. The highest BCUT2D eigenvalue weighted by atomic mass is 31.2. The molecule has 0 aliphatic rings. The summed E-state index contributed by atoms with van der Waals surface area (Å²) in [7, 11) is -9.90. The van der Waals surface area contributed by atoms with Crippen molar-refractivity contribution in [1.29, 1.82) is 0 Å². The van der Waals surface area contributed by atoms with Crippen LogP contribution in [0.5, 0.6) is 0 Å². The minimum atomic E-state index is -4.95. The SMILES string of the molecule is CCC(C)CCCCCCCCCCC(=O)OC[C@H](COP(=O)(O)OCC(O)COP(=O)(O)OC[C@@H](COC(=O)CCCCCCCCCC(C)C)OC(=O)CCCCCCCCCC(C)C)OC(=O)CCCCCCCCCCCCCCCCC(C)C. The molecule has 0 aliphatic carbocycles. The first kappa shape index (κ1) is 87.1. The van der Waals surface area contributed by atoms with Crippen molar-refractivity contribution in [3.63, 3.8) is 0 Å². The van der Waals surface area contributed by atoms with Gasteiger partial charge in [-0.1, -0.05) is 293 Å². The van der Waals surface area contributed by atoms with Gasteiger partial charge in [-0.2, -0.15) is 0 Å². The zero-order valence-electron chi connectivity index (χ0n) is 58.1. The molecule has 19 heteroatoms. The van der Waals surface area contributed by atoms with Crippen LogP contribution >= 0.6 is 15.6 Å². The number of esters is 4. The van der Waals surface area contributed by atoms with Crippen molar-refractivity contribution in [3.8, 4) is 0 Å². The summed E-state index contributed by atoms with van der Waals surface area (Å²) in [5.74, 6) is 0.841. The first-order chi connectivity index (χ1) is 42.6. The second kappa shape index (κ2) is 59.8. The van der Waals surface area contributed by atoms with Crippen molar-refractivity contribution in [2.75, 3.05) is 39.6 Å². The summed E-state index contributed by atoms with van der Waals surface area (Å²) in [4.78, 5) is 72.5. The van der Waals surface area contributed by atoms with Crippen molar-refractivity contribution in [2.24, 2.45) is 23.7 Å². The summed E-state index contributed by atoms with van der Waals surface area (Å²) >= 11 is 0. The van der Waals surface area contributed by atoms with E-state index >= 15 is 0 Å². The van der Waals surface area contributed by atoms with Gasteiger partial charge in [0.15, 0.2) is 12.2 Å². The number of phosphoric acid groups is 2. The molecule has 0 aromatic rings. The van der Waals surface area contributed by atoms with E-state index in [9.17, 15) is 43.2 Å². The molecule has 0 saturated carbocycles. The molecule has 17 nitrogen and oxygen atoms in total. The summed E-state index contributed by atoms with van der Waals surface area (Å²) in [6, 6.07) is 0. The molecule has 0 rings (SSSR count). The number of hydrogen-bond acceptors (Lipinski definition) is 15. The Kier molecular flexibility index (Phi) is 58.5. The molecule has 0 aromatic heterocycles. The van der Waals surface area contributed by atoms with Gasteiger partial charge in [-0.05, 0) is 49.4 Å². The van der Waals surface area contributed by atoms with Crippen LogP contribution in [0.1, 0.15) is 344 Å². The van der Waals surface area contributed by atoms with Gasteiger partial charge in [-0.25, -0.2) is 9.13 Å². The van der Waals surface area contributed by atoms with E-state index in [0.717, 1.165) is 108 Å². The van der Waals surface area contributed by atoms with Crippen LogP contribution < -0.4 is 0 Å². The molecule has 0 saturated heterocycles. The largest absolute Gasteiger partial charge is 0.472 e. The Morgan fingerprint density at radius 2 is 0.539 bits per heavy atom. The third-order valence-electron chi connectivity index (χ3n) is 16.4. The first-order valence-corrected chi connectivity index (χ1v) is 39.2. The molecule has 3 N–H and O–H groups in total. The molecule has 0 heterocycles. The summed E-state index contributed by atoms with van der Waals surface area (Å²) in [5.41, 5.74) is 0. The lowest BCUT2D eigenvalue weighted by Gasteiger charge is -2.21. The molecule has 6 atom stereocenters. The van der Waals surface area contributed by atoms with E-state index in [1.54, 1.807) is 0 Å². The Hall–Kier alpha value is -1.94. The van der Waals surface area contributed by atoms with Crippen LogP contribution in [0.2, 0.25) is 0 Å². The highest BCUT2D eigenvalue weighted by Gasteiger charge is 2.30. The number of unbranched alkanes of at least 4 members (excludes halogenated alkanes) is 32. The maximum Gasteiger partial charge on any atom is 0.472 e. The van der Waals surface area contributed by atoms with Gasteiger partial charge >= 0.3 is 39.5 Å². The monoisotopic (exact) mass is 1310 g/mol. The third kappa shape index (κ3) is 63.2. The average Bonchev–Trinajstić information content (AvgIpc) is 3.54. The predicted octanol–water partition coefficient (Wildman–Crippen LogP) is 19.7. The van der Waals surface area contributed by atoms with Crippen LogP contribution in [0.25, 0.3) is 0 Å². The Morgan fingerprint density at radius 1 is 0.315 bits per heavy atom. The van der Waals surface area contributed by atoms with E-state index in [4.69, 9.17) is 37.0 Å². The maximum atomic E-state index is 13.0. The molecule has 89 heavy (non-hydrogen) atoms.